The van der Waals surface area contributed by atoms with E-state index in [0.717, 1.165) is 44.7 Å². The van der Waals surface area contributed by atoms with Crippen LogP contribution in [0.4, 0.5) is 0 Å². The van der Waals surface area contributed by atoms with Crippen LogP contribution in [0.15, 0.2) is 4.79 Å². The van der Waals surface area contributed by atoms with E-state index in [1.807, 2.05) is 0 Å². The molecular formula is C12H20N4O2. The van der Waals surface area contributed by atoms with Crippen molar-refractivity contribution >= 4 is 0 Å². The van der Waals surface area contributed by atoms with Crippen LogP contribution in [0.25, 0.3) is 0 Å². The van der Waals surface area contributed by atoms with Crippen molar-refractivity contribution in [3.05, 3.63) is 16.3 Å². The molecule has 1 aromatic heterocycles. The fourth-order valence-corrected chi connectivity index (χ4v) is 2.81. The lowest BCUT2D eigenvalue weighted by Crippen LogP contribution is -2.39. The van der Waals surface area contributed by atoms with Crippen molar-refractivity contribution in [2.75, 3.05) is 13.2 Å². The van der Waals surface area contributed by atoms with Crippen LogP contribution in [0, 0.1) is 5.92 Å². The van der Waals surface area contributed by atoms with Gasteiger partial charge in [0.25, 0.3) is 0 Å². The minimum absolute atomic E-state index is 0.000865. The van der Waals surface area contributed by atoms with Gasteiger partial charge in [0.15, 0.2) is 0 Å². The first-order chi connectivity index (χ1) is 8.75. The van der Waals surface area contributed by atoms with Crippen molar-refractivity contribution in [3.8, 4) is 0 Å². The fraction of sp³-hybridized carbons (Fsp3) is 0.833. The fourth-order valence-electron chi connectivity index (χ4n) is 2.81. The summed E-state index contributed by atoms with van der Waals surface area (Å²) in [6.45, 7) is 2.80. The maximum atomic E-state index is 12.1. The first-order valence-corrected chi connectivity index (χ1v) is 6.75. The summed E-state index contributed by atoms with van der Waals surface area (Å²) in [7, 11) is 0. The molecule has 0 aromatic carbocycles. The van der Waals surface area contributed by atoms with Crippen LogP contribution in [0.2, 0.25) is 0 Å². The number of rotatable bonds is 3. The monoisotopic (exact) mass is 252 g/mol. The second-order valence-corrected chi connectivity index (χ2v) is 5.28. The molecule has 0 radical (unpaired) electrons. The Morgan fingerprint density at radius 3 is 3.11 bits per heavy atom. The minimum Gasteiger partial charge on any atom is -0.381 e. The Morgan fingerprint density at radius 2 is 2.39 bits per heavy atom. The zero-order valence-electron chi connectivity index (χ0n) is 10.5. The van der Waals surface area contributed by atoms with Gasteiger partial charge in [0.1, 0.15) is 5.82 Å². The Labute approximate surface area is 106 Å². The molecule has 0 amide bonds. The summed E-state index contributed by atoms with van der Waals surface area (Å²) in [5.74, 6) is 1.27. The summed E-state index contributed by atoms with van der Waals surface area (Å²) in [5, 5.41) is 4.41. The Morgan fingerprint density at radius 1 is 1.50 bits per heavy atom. The van der Waals surface area contributed by atoms with Gasteiger partial charge < -0.3 is 10.5 Å². The summed E-state index contributed by atoms with van der Waals surface area (Å²) < 4.78 is 8.67. The van der Waals surface area contributed by atoms with Gasteiger partial charge in [-0.15, -0.1) is 0 Å². The predicted molar refractivity (Wildman–Crippen MR) is 66.3 cm³/mol. The number of nitrogens with two attached hydrogens (primary N) is 1. The number of aryl methyl sites for hydroxylation is 1. The van der Waals surface area contributed by atoms with Crippen molar-refractivity contribution in [1.29, 1.82) is 0 Å². The molecule has 0 aliphatic carbocycles. The molecule has 1 fully saturated rings. The standard InChI is InChI=1S/C12H20N4O2/c13-10(9-4-6-18-8-9)7-16-12(17)15-5-2-1-3-11(15)14-16/h9-10H,1-8,13H2. The van der Waals surface area contributed by atoms with Gasteiger partial charge in [-0.3, -0.25) is 4.57 Å². The molecule has 6 nitrogen and oxygen atoms in total. The Bertz CT molecular complexity index is 473. The van der Waals surface area contributed by atoms with Crippen molar-refractivity contribution in [3.63, 3.8) is 0 Å². The molecule has 100 valence electrons. The van der Waals surface area contributed by atoms with Gasteiger partial charge in [-0.05, 0) is 19.3 Å². The quantitative estimate of drug-likeness (QED) is 0.804. The summed E-state index contributed by atoms with van der Waals surface area (Å²) >= 11 is 0. The zero-order valence-corrected chi connectivity index (χ0v) is 10.5. The molecule has 2 N–H and O–H groups in total. The summed E-state index contributed by atoms with van der Waals surface area (Å²) in [5.41, 5.74) is 6.15. The highest BCUT2D eigenvalue weighted by Gasteiger charge is 2.25. The van der Waals surface area contributed by atoms with E-state index in [0.29, 0.717) is 19.1 Å². The molecule has 1 aromatic rings. The molecular weight excluding hydrogens is 232 g/mol. The zero-order chi connectivity index (χ0) is 12.5. The molecule has 2 unspecified atom stereocenters. The van der Waals surface area contributed by atoms with Crippen LogP contribution in [0.1, 0.15) is 25.1 Å². The highest BCUT2D eigenvalue weighted by Crippen LogP contribution is 2.16. The van der Waals surface area contributed by atoms with E-state index in [9.17, 15) is 4.79 Å². The number of hydrogen-bond acceptors (Lipinski definition) is 4. The lowest BCUT2D eigenvalue weighted by molar-refractivity contribution is 0.178. The lowest BCUT2D eigenvalue weighted by atomic mass is 10.0. The average molecular weight is 252 g/mol. The van der Waals surface area contributed by atoms with E-state index in [4.69, 9.17) is 10.5 Å². The number of ether oxygens (including phenoxy) is 1. The van der Waals surface area contributed by atoms with E-state index >= 15 is 0 Å². The Kier molecular flexibility index (Phi) is 3.22. The van der Waals surface area contributed by atoms with Crippen molar-refractivity contribution in [2.45, 2.75) is 44.8 Å². The molecule has 0 spiro atoms. The maximum Gasteiger partial charge on any atom is 0.345 e. The van der Waals surface area contributed by atoms with Gasteiger partial charge in [-0.25, -0.2) is 9.48 Å². The van der Waals surface area contributed by atoms with Gasteiger partial charge in [0.2, 0.25) is 0 Å². The second-order valence-electron chi connectivity index (χ2n) is 5.28. The van der Waals surface area contributed by atoms with Crippen LogP contribution in [-0.4, -0.2) is 33.6 Å². The van der Waals surface area contributed by atoms with Crippen LogP contribution < -0.4 is 11.4 Å². The molecule has 2 aliphatic heterocycles. The largest absolute Gasteiger partial charge is 0.381 e. The molecule has 2 atom stereocenters. The Hall–Kier alpha value is -1.14. The molecule has 2 aliphatic rings. The van der Waals surface area contributed by atoms with E-state index in [2.05, 4.69) is 5.10 Å². The van der Waals surface area contributed by atoms with Crippen LogP contribution in [0.5, 0.6) is 0 Å². The second kappa shape index (κ2) is 4.85. The highest BCUT2D eigenvalue weighted by atomic mass is 16.5. The summed E-state index contributed by atoms with van der Waals surface area (Å²) in [6, 6.07) is -0.0397. The SMILES string of the molecule is NC(Cn1nc2n(c1=O)CCCC2)C1CCOC1. The smallest absolute Gasteiger partial charge is 0.345 e. The Balaban J connectivity index is 1.76. The topological polar surface area (TPSA) is 75.1 Å². The van der Waals surface area contributed by atoms with Gasteiger partial charge >= 0.3 is 5.69 Å². The lowest BCUT2D eigenvalue weighted by Gasteiger charge is -2.16. The molecule has 3 rings (SSSR count). The van der Waals surface area contributed by atoms with Crippen molar-refractivity contribution in [2.24, 2.45) is 11.7 Å². The van der Waals surface area contributed by atoms with Gasteiger partial charge in [0, 0.05) is 31.5 Å². The van der Waals surface area contributed by atoms with Crippen LogP contribution in [-0.2, 0) is 24.2 Å². The van der Waals surface area contributed by atoms with E-state index in [1.165, 1.54) is 0 Å². The summed E-state index contributed by atoms with van der Waals surface area (Å²) in [6.07, 6.45) is 4.09. The molecule has 0 bridgehead atoms. The van der Waals surface area contributed by atoms with Gasteiger partial charge in [-0.1, -0.05) is 0 Å². The average Bonchev–Trinajstić information content (AvgIpc) is 3.00. The number of fused-ring (bicyclic) bond motifs is 1. The van der Waals surface area contributed by atoms with Gasteiger partial charge in [0.05, 0.1) is 13.2 Å². The van der Waals surface area contributed by atoms with E-state index in [1.54, 1.807) is 9.25 Å². The molecule has 6 heteroatoms. The predicted octanol–water partition coefficient (Wildman–Crippen LogP) is -0.255. The first-order valence-electron chi connectivity index (χ1n) is 6.75. The molecule has 0 saturated carbocycles. The number of nitrogens with zero attached hydrogens (tertiary/aromatic N) is 3. The van der Waals surface area contributed by atoms with Crippen LogP contribution in [0.3, 0.4) is 0 Å². The number of hydrogen-bond donors (Lipinski definition) is 1. The number of aromatic nitrogens is 3. The third kappa shape index (κ3) is 2.10. The van der Waals surface area contributed by atoms with Crippen molar-refractivity contribution < 1.29 is 4.74 Å². The van der Waals surface area contributed by atoms with E-state index < -0.39 is 0 Å². The third-order valence-electron chi connectivity index (χ3n) is 3.99. The van der Waals surface area contributed by atoms with Crippen LogP contribution >= 0.6 is 0 Å². The van der Waals surface area contributed by atoms with Crippen molar-refractivity contribution in [1.82, 2.24) is 14.3 Å². The minimum atomic E-state index is -0.0397. The van der Waals surface area contributed by atoms with Gasteiger partial charge in [-0.2, -0.15) is 5.10 Å². The maximum absolute atomic E-state index is 12.1. The summed E-state index contributed by atoms with van der Waals surface area (Å²) in [4.78, 5) is 12.1. The molecule has 3 heterocycles. The normalized spacial score (nSPS) is 25.1. The van der Waals surface area contributed by atoms with E-state index in [-0.39, 0.29) is 11.7 Å². The first kappa shape index (κ1) is 11.9. The molecule has 18 heavy (non-hydrogen) atoms. The highest BCUT2D eigenvalue weighted by molar-refractivity contribution is 4.92. The third-order valence-corrected chi connectivity index (χ3v) is 3.99. The molecule has 1 saturated heterocycles.